The topological polar surface area (TPSA) is 73.1 Å². The molecule has 0 fully saturated rings. The summed E-state index contributed by atoms with van der Waals surface area (Å²) in [4.78, 5) is 8.07. The second kappa shape index (κ2) is 5.88. The Morgan fingerprint density at radius 2 is 2.16 bits per heavy atom. The first kappa shape index (κ1) is 13.6. The number of ether oxygens (including phenoxy) is 1. The molecule has 0 saturated carbocycles. The van der Waals surface area contributed by atoms with Crippen LogP contribution < -0.4 is 15.8 Å². The minimum absolute atomic E-state index is 0.315. The number of aryl methyl sites for hydroxylation is 1. The van der Waals surface area contributed by atoms with Gasteiger partial charge in [-0.05, 0) is 30.2 Å². The fourth-order valence-corrected chi connectivity index (χ4v) is 2.19. The molecule has 0 saturated heterocycles. The predicted molar refractivity (Wildman–Crippen MR) is 79.8 cm³/mol. The first-order valence-corrected chi connectivity index (χ1v) is 6.65. The maximum atomic E-state index is 5.76. The van der Waals surface area contributed by atoms with Crippen molar-refractivity contribution in [2.45, 2.75) is 13.3 Å². The van der Waals surface area contributed by atoms with Gasteiger partial charge in [-0.1, -0.05) is 22.9 Å². The molecule has 2 aromatic rings. The van der Waals surface area contributed by atoms with Crippen LogP contribution >= 0.6 is 15.9 Å². The van der Waals surface area contributed by atoms with E-state index in [1.165, 1.54) is 11.9 Å². The van der Waals surface area contributed by atoms with Gasteiger partial charge in [0.1, 0.15) is 6.33 Å². The Morgan fingerprint density at radius 3 is 2.84 bits per heavy atom. The summed E-state index contributed by atoms with van der Waals surface area (Å²) in [6, 6.07) is 6.03. The zero-order valence-corrected chi connectivity index (χ0v) is 12.4. The van der Waals surface area contributed by atoms with Crippen molar-refractivity contribution in [3.63, 3.8) is 0 Å². The number of rotatable bonds is 4. The summed E-state index contributed by atoms with van der Waals surface area (Å²) < 4.78 is 6.27. The molecule has 0 aliphatic heterocycles. The van der Waals surface area contributed by atoms with Crippen molar-refractivity contribution < 1.29 is 4.74 Å². The van der Waals surface area contributed by atoms with Gasteiger partial charge in [0, 0.05) is 10.2 Å². The monoisotopic (exact) mass is 322 g/mol. The number of aromatic nitrogens is 2. The van der Waals surface area contributed by atoms with Crippen molar-refractivity contribution in [3.05, 3.63) is 34.6 Å². The number of nitrogens with two attached hydrogens (primary N) is 1. The minimum Gasteiger partial charge on any atom is -0.490 e. The molecular weight excluding hydrogens is 308 g/mol. The molecule has 1 aromatic carbocycles. The van der Waals surface area contributed by atoms with E-state index in [0.717, 1.165) is 16.6 Å². The summed E-state index contributed by atoms with van der Waals surface area (Å²) in [7, 11) is 1.54. The maximum Gasteiger partial charge on any atom is 0.204 e. The van der Waals surface area contributed by atoms with Crippen LogP contribution in [0, 0.1) is 0 Å². The zero-order valence-electron chi connectivity index (χ0n) is 10.8. The second-order valence-electron chi connectivity index (χ2n) is 3.92. The molecular formula is C13H15BrN4O. The van der Waals surface area contributed by atoms with Gasteiger partial charge in [0.05, 0.1) is 7.11 Å². The highest BCUT2D eigenvalue weighted by Crippen LogP contribution is 2.31. The summed E-state index contributed by atoms with van der Waals surface area (Å²) in [6.07, 6.45) is 2.31. The van der Waals surface area contributed by atoms with Crippen molar-refractivity contribution in [2.24, 2.45) is 0 Å². The summed E-state index contributed by atoms with van der Waals surface area (Å²) >= 11 is 3.46. The van der Waals surface area contributed by atoms with Gasteiger partial charge in [0.15, 0.2) is 11.6 Å². The lowest BCUT2D eigenvalue weighted by Gasteiger charge is -2.13. The molecule has 0 unspecified atom stereocenters. The SMILES string of the molecule is CCc1cc(Br)ccc1Nc1ncnc(N)c1OC. The van der Waals surface area contributed by atoms with Crippen molar-refractivity contribution in [2.75, 3.05) is 18.2 Å². The average molecular weight is 323 g/mol. The highest BCUT2D eigenvalue weighted by Gasteiger charge is 2.11. The molecule has 0 aliphatic carbocycles. The number of methoxy groups -OCH3 is 1. The molecule has 0 spiro atoms. The quantitative estimate of drug-likeness (QED) is 0.904. The van der Waals surface area contributed by atoms with E-state index in [1.54, 1.807) is 7.11 Å². The van der Waals surface area contributed by atoms with Gasteiger partial charge in [-0.15, -0.1) is 0 Å². The van der Waals surface area contributed by atoms with Gasteiger partial charge < -0.3 is 15.8 Å². The smallest absolute Gasteiger partial charge is 0.204 e. The zero-order chi connectivity index (χ0) is 13.8. The highest BCUT2D eigenvalue weighted by atomic mass is 79.9. The van der Waals surface area contributed by atoms with Crippen LogP contribution in [0.1, 0.15) is 12.5 Å². The third-order valence-electron chi connectivity index (χ3n) is 2.74. The minimum atomic E-state index is 0.315. The Labute approximate surface area is 120 Å². The number of benzene rings is 1. The van der Waals surface area contributed by atoms with Crippen LogP contribution in [-0.2, 0) is 6.42 Å². The molecule has 1 heterocycles. The van der Waals surface area contributed by atoms with E-state index >= 15 is 0 Å². The first-order valence-electron chi connectivity index (χ1n) is 5.85. The fourth-order valence-electron chi connectivity index (χ4n) is 1.78. The lowest BCUT2D eigenvalue weighted by molar-refractivity contribution is 0.415. The van der Waals surface area contributed by atoms with Crippen LogP contribution in [0.3, 0.4) is 0 Å². The van der Waals surface area contributed by atoms with Crippen molar-refractivity contribution >= 4 is 33.3 Å². The van der Waals surface area contributed by atoms with E-state index < -0.39 is 0 Å². The van der Waals surface area contributed by atoms with Gasteiger partial charge in [-0.3, -0.25) is 0 Å². The molecule has 6 heteroatoms. The van der Waals surface area contributed by atoms with E-state index in [2.05, 4.69) is 44.2 Å². The fraction of sp³-hybridized carbons (Fsp3) is 0.231. The number of halogens is 1. The lowest BCUT2D eigenvalue weighted by atomic mass is 10.1. The Kier molecular flexibility index (Phi) is 4.21. The van der Waals surface area contributed by atoms with E-state index in [0.29, 0.717) is 17.4 Å². The van der Waals surface area contributed by atoms with Gasteiger partial charge in [-0.2, -0.15) is 0 Å². The Morgan fingerprint density at radius 1 is 1.37 bits per heavy atom. The number of hydrogen-bond acceptors (Lipinski definition) is 5. The maximum absolute atomic E-state index is 5.76. The van der Waals surface area contributed by atoms with Crippen molar-refractivity contribution in [1.29, 1.82) is 0 Å². The van der Waals surface area contributed by atoms with Crippen LogP contribution in [0.15, 0.2) is 29.0 Å². The Balaban J connectivity index is 2.39. The van der Waals surface area contributed by atoms with Crippen LogP contribution in [0.5, 0.6) is 5.75 Å². The number of anilines is 3. The van der Waals surface area contributed by atoms with E-state index in [1.807, 2.05) is 12.1 Å². The Bertz CT molecular complexity index is 589. The summed E-state index contributed by atoms with van der Waals surface area (Å²) in [6.45, 7) is 2.10. The summed E-state index contributed by atoms with van der Waals surface area (Å²) in [5, 5.41) is 3.23. The largest absolute Gasteiger partial charge is 0.490 e. The number of nitrogens with one attached hydrogen (secondary N) is 1. The van der Waals surface area contributed by atoms with Gasteiger partial charge in [0.2, 0.25) is 5.75 Å². The van der Waals surface area contributed by atoms with Gasteiger partial charge >= 0.3 is 0 Å². The number of hydrogen-bond donors (Lipinski definition) is 2. The number of nitrogens with zero attached hydrogens (tertiary/aromatic N) is 2. The normalized spacial score (nSPS) is 10.3. The van der Waals surface area contributed by atoms with E-state index in [4.69, 9.17) is 10.5 Å². The standard InChI is InChI=1S/C13H15BrN4O/c1-3-8-6-9(14)4-5-10(8)18-13-11(19-2)12(15)16-7-17-13/h4-7H,3H2,1-2H3,(H3,15,16,17,18). The van der Waals surface area contributed by atoms with Crippen LogP contribution in [0.2, 0.25) is 0 Å². The van der Waals surface area contributed by atoms with Crippen LogP contribution in [-0.4, -0.2) is 17.1 Å². The molecule has 0 atom stereocenters. The molecule has 0 bridgehead atoms. The van der Waals surface area contributed by atoms with Crippen LogP contribution in [0.4, 0.5) is 17.3 Å². The summed E-state index contributed by atoms with van der Waals surface area (Å²) in [5.74, 6) is 1.33. The second-order valence-corrected chi connectivity index (χ2v) is 4.84. The van der Waals surface area contributed by atoms with Gasteiger partial charge in [-0.25, -0.2) is 9.97 Å². The van der Waals surface area contributed by atoms with E-state index in [-0.39, 0.29) is 0 Å². The molecule has 19 heavy (non-hydrogen) atoms. The molecule has 0 radical (unpaired) electrons. The predicted octanol–water partition coefficient (Wildman–Crippen LogP) is 3.14. The molecule has 1 aromatic heterocycles. The third kappa shape index (κ3) is 2.96. The molecule has 0 aliphatic rings. The van der Waals surface area contributed by atoms with E-state index in [9.17, 15) is 0 Å². The van der Waals surface area contributed by atoms with Crippen molar-refractivity contribution in [1.82, 2.24) is 9.97 Å². The Hall–Kier alpha value is -1.82. The average Bonchev–Trinajstić information content (AvgIpc) is 2.41. The summed E-state index contributed by atoms with van der Waals surface area (Å²) in [5.41, 5.74) is 7.91. The van der Waals surface area contributed by atoms with Gasteiger partial charge in [0.25, 0.3) is 0 Å². The molecule has 0 amide bonds. The third-order valence-corrected chi connectivity index (χ3v) is 3.23. The molecule has 2 rings (SSSR count). The van der Waals surface area contributed by atoms with Crippen molar-refractivity contribution in [3.8, 4) is 5.75 Å². The number of nitrogen functional groups attached to an aromatic ring is 1. The first-order chi connectivity index (χ1) is 9.15. The highest BCUT2D eigenvalue weighted by molar-refractivity contribution is 9.10. The lowest BCUT2D eigenvalue weighted by Crippen LogP contribution is -2.04. The molecule has 5 nitrogen and oxygen atoms in total. The van der Waals surface area contributed by atoms with Crippen LogP contribution in [0.25, 0.3) is 0 Å². The molecule has 100 valence electrons. The molecule has 3 N–H and O–H groups in total.